The fourth-order valence-electron chi connectivity index (χ4n) is 4.37. The van der Waals surface area contributed by atoms with Crippen LogP contribution in [0, 0.1) is 18.7 Å². The molecule has 2 saturated heterocycles. The summed E-state index contributed by atoms with van der Waals surface area (Å²) in [5.74, 6) is 0.122. The van der Waals surface area contributed by atoms with Crippen LogP contribution in [0.5, 0.6) is 0 Å². The Bertz CT molecular complexity index is 827. The van der Waals surface area contributed by atoms with Crippen molar-refractivity contribution in [3.63, 3.8) is 0 Å². The van der Waals surface area contributed by atoms with E-state index in [1.54, 1.807) is 6.07 Å². The molecule has 2 aliphatic rings. The van der Waals surface area contributed by atoms with E-state index in [-0.39, 0.29) is 5.82 Å². The highest BCUT2D eigenvalue weighted by Crippen LogP contribution is 2.33. The van der Waals surface area contributed by atoms with Crippen LogP contribution in [0.3, 0.4) is 0 Å². The van der Waals surface area contributed by atoms with Crippen LogP contribution in [0.4, 0.5) is 14.9 Å². The van der Waals surface area contributed by atoms with Crippen molar-refractivity contribution in [1.82, 2.24) is 5.32 Å². The quantitative estimate of drug-likeness (QED) is 0.809. The Labute approximate surface area is 159 Å². The van der Waals surface area contributed by atoms with Gasteiger partial charge in [-0.3, -0.25) is 5.32 Å². The van der Waals surface area contributed by atoms with E-state index in [9.17, 15) is 9.18 Å². The number of aryl methyl sites for hydroxylation is 1. The number of fused-ring (bicyclic) bond motifs is 2. The van der Waals surface area contributed by atoms with Gasteiger partial charge in [0, 0.05) is 17.6 Å². The van der Waals surface area contributed by atoms with Gasteiger partial charge in [0.25, 0.3) is 0 Å². The molecule has 2 aromatic rings. The number of nitrogens with one attached hydrogen (secondary N) is 2. The van der Waals surface area contributed by atoms with Crippen molar-refractivity contribution in [2.75, 3.05) is 11.9 Å². The van der Waals surface area contributed by atoms with Crippen LogP contribution in [0.1, 0.15) is 31.2 Å². The smallest absolute Gasteiger partial charge is 0.411 e. The molecule has 0 aliphatic carbocycles. The second kappa shape index (κ2) is 7.69. The molecule has 2 bridgehead atoms. The van der Waals surface area contributed by atoms with E-state index in [0.29, 0.717) is 30.3 Å². The minimum Gasteiger partial charge on any atom is -0.449 e. The molecule has 0 saturated carbocycles. The van der Waals surface area contributed by atoms with Crippen molar-refractivity contribution in [1.29, 1.82) is 0 Å². The summed E-state index contributed by atoms with van der Waals surface area (Å²) in [6.45, 7) is 2.37. The lowest BCUT2D eigenvalue weighted by molar-refractivity contribution is 0.122. The van der Waals surface area contributed by atoms with Gasteiger partial charge in [0.15, 0.2) is 0 Å². The molecule has 4 rings (SSSR count). The van der Waals surface area contributed by atoms with Gasteiger partial charge in [-0.15, -0.1) is 0 Å². The molecule has 2 N–H and O–H groups in total. The van der Waals surface area contributed by atoms with Crippen LogP contribution < -0.4 is 10.6 Å². The number of hydrogen-bond donors (Lipinski definition) is 2. The maximum Gasteiger partial charge on any atom is 0.411 e. The predicted octanol–water partition coefficient (Wildman–Crippen LogP) is 4.88. The number of carbonyl (C=O) groups excluding carboxylic acids is 1. The Hall–Kier alpha value is -2.40. The predicted molar refractivity (Wildman–Crippen MR) is 104 cm³/mol. The molecule has 2 aromatic carbocycles. The highest BCUT2D eigenvalue weighted by atomic mass is 19.1. The molecule has 0 radical (unpaired) electrons. The first-order valence-electron chi connectivity index (χ1n) is 9.64. The summed E-state index contributed by atoms with van der Waals surface area (Å²) in [5.41, 5.74) is 3.09. The maximum atomic E-state index is 13.6. The number of amides is 1. The largest absolute Gasteiger partial charge is 0.449 e. The minimum absolute atomic E-state index is 0.303. The number of halogens is 1. The average Bonchev–Trinajstić information content (AvgIpc) is 3.00. The van der Waals surface area contributed by atoms with E-state index < -0.39 is 6.09 Å². The lowest BCUT2D eigenvalue weighted by atomic mass is 9.93. The van der Waals surface area contributed by atoms with Crippen LogP contribution in [-0.2, 0) is 4.74 Å². The van der Waals surface area contributed by atoms with Crippen molar-refractivity contribution >= 4 is 11.8 Å². The van der Waals surface area contributed by atoms with Gasteiger partial charge in [-0.25, -0.2) is 9.18 Å². The van der Waals surface area contributed by atoms with Gasteiger partial charge in [0.1, 0.15) is 5.82 Å². The molecular formula is C22H25FN2O2. The molecule has 2 heterocycles. The van der Waals surface area contributed by atoms with Crippen molar-refractivity contribution in [2.24, 2.45) is 5.92 Å². The van der Waals surface area contributed by atoms with Gasteiger partial charge in [0.2, 0.25) is 0 Å². The maximum absolute atomic E-state index is 13.6. The first kappa shape index (κ1) is 18.0. The van der Waals surface area contributed by atoms with Crippen molar-refractivity contribution in [3.8, 4) is 11.1 Å². The third-order valence-electron chi connectivity index (χ3n) is 5.66. The number of para-hydroxylation sites is 1. The molecule has 27 heavy (non-hydrogen) atoms. The topological polar surface area (TPSA) is 50.4 Å². The second-order valence-electron chi connectivity index (χ2n) is 7.71. The Morgan fingerprint density at radius 2 is 1.93 bits per heavy atom. The SMILES string of the molecule is Cc1cccc(-c2cccc(F)c2)c1NC(=O)OCC1CC2CCC(C1)N2. The highest BCUT2D eigenvalue weighted by Gasteiger charge is 2.33. The normalized spacial score (nSPS) is 23.9. The number of hydrogen-bond acceptors (Lipinski definition) is 3. The molecule has 2 fully saturated rings. The zero-order chi connectivity index (χ0) is 18.8. The lowest BCUT2D eigenvalue weighted by Crippen LogP contribution is -2.39. The molecule has 5 heteroatoms. The lowest BCUT2D eigenvalue weighted by Gasteiger charge is -2.28. The van der Waals surface area contributed by atoms with Gasteiger partial charge in [-0.05, 0) is 61.8 Å². The van der Waals surface area contributed by atoms with Gasteiger partial charge in [-0.1, -0.05) is 30.3 Å². The van der Waals surface area contributed by atoms with Gasteiger partial charge in [-0.2, -0.15) is 0 Å². The number of benzene rings is 2. The standard InChI is InChI=1S/C22H25FN2O2/c1-14-4-2-7-20(16-5-3-6-17(23)12-16)21(14)25-22(26)27-13-15-10-18-8-9-19(11-15)24-18/h2-7,12,15,18-19,24H,8-11,13H2,1H3,(H,25,26). The van der Waals surface area contributed by atoms with E-state index in [2.05, 4.69) is 10.6 Å². The van der Waals surface area contributed by atoms with Crippen LogP contribution >= 0.6 is 0 Å². The zero-order valence-corrected chi connectivity index (χ0v) is 15.5. The number of ether oxygens (including phenoxy) is 1. The zero-order valence-electron chi connectivity index (χ0n) is 15.5. The van der Waals surface area contributed by atoms with Crippen molar-refractivity contribution in [2.45, 2.75) is 44.7 Å². The number of anilines is 1. The molecule has 0 spiro atoms. The molecule has 142 valence electrons. The first-order chi connectivity index (χ1) is 13.1. The van der Waals surface area contributed by atoms with E-state index in [1.807, 2.05) is 31.2 Å². The second-order valence-corrected chi connectivity index (χ2v) is 7.71. The highest BCUT2D eigenvalue weighted by molar-refractivity contribution is 5.92. The van der Waals surface area contributed by atoms with E-state index in [1.165, 1.54) is 25.0 Å². The van der Waals surface area contributed by atoms with Gasteiger partial charge < -0.3 is 10.1 Å². The van der Waals surface area contributed by atoms with Gasteiger partial charge >= 0.3 is 6.09 Å². The summed E-state index contributed by atoms with van der Waals surface area (Å²) in [6.07, 6.45) is 4.15. The van der Waals surface area contributed by atoms with Crippen LogP contribution in [0.15, 0.2) is 42.5 Å². The Morgan fingerprint density at radius 3 is 2.67 bits per heavy atom. The monoisotopic (exact) mass is 368 g/mol. The fourth-order valence-corrected chi connectivity index (χ4v) is 4.37. The molecule has 1 amide bonds. The van der Waals surface area contributed by atoms with E-state index in [0.717, 1.165) is 29.5 Å². The third kappa shape index (κ3) is 4.14. The Morgan fingerprint density at radius 1 is 1.19 bits per heavy atom. The molecular weight excluding hydrogens is 343 g/mol. The van der Waals surface area contributed by atoms with Crippen molar-refractivity contribution < 1.29 is 13.9 Å². The van der Waals surface area contributed by atoms with E-state index >= 15 is 0 Å². The summed E-state index contributed by atoms with van der Waals surface area (Å²) >= 11 is 0. The summed E-state index contributed by atoms with van der Waals surface area (Å²) in [4.78, 5) is 12.4. The average molecular weight is 368 g/mol. The van der Waals surface area contributed by atoms with E-state index in [4.69, 9.17) is 4.74 Å². The summed E-state index contributed by atoms with van der Waals surface area (Å²) < 4.78 is 19.2. The molecule has 2 aliphatic heterocycles. The number of carbonyl (C=O) groups is 1. The van der Waals surface area contributed by atoms with Crippen molar-refractivity contribution in [3.05, 3.63) is 53.8 Å². The summed E-state index contributed by atoms with van der Waals surface area (Å²) in [5, 5.41) is 6.47. The Kier molecular flexibility index (Phi) is 5.12. The molecule has 0 aromatic heterocycles. The third-order valence-corrected chi connectivity index (χ3v) is 5.66. The fraction of sp³-hybridized carbons (Fsp3) is 0.409. The number of rotatable bonds is 4. The van der Waals surface area contributed by atoms with Crippen LogP contribution in [0.2, 0.25) is 0 Å². The summed E-state index contributed by atoms with van der Waals surface area (Å²) in [7, 11) is 0. The molecule has 2 atom stereocenters. The van der Waals surface area contributed by atoms with Crippen LogP contribution in [-0.4, -0.2) is 24.8 Å². The summed E-state index contributed by atoms with van der Waals surface area (Å²) in [6, 6.07) is 13.2. The number of piperidine rings is 1. The van der Waals surface area contributed by atoms with Crippen LogP contribution in [0.25, 0.3) is 11.1 Å². The first-order valence-corrected chi connectivity index (χ1v) is 9.64. The molecule has 2 unspecified atom stereocenters. The Balaban J connectivity index is 1.43. The minimum atomic E-state index is -0.451. The molecule has 4 nitrogen and oxygen atoms in total. The van der Waals surface area contributed by atoms with Gasteiger partial charge in [0.05, 0.1) is 12.3 Å².